The van der Waals surface area contributed by atoms with Crippen LogP contribution in [-0.4, -0.2) is 25.9 Å². The second kappa shape index (κ2) is 16.4. The summed E-state index contributed by atoms with van der Waals surface area (Å²) < 4.78 is 58.0. The highest BCUT2D eigenvalue weighted by atomic mass is 32.2. The van der Waals surface area contributed by atoms with Crippen LogP contribution in [0.4, 0.5) is 26.3 Å². The maximum absolute atomic E-state index is 9.67. The third kappa shape index (κ3) is 8.52. The third-order valence-corrected chi connectivity index (χ3v) is 8.96. The lowest BCUT2D eigenvalue weighted by molar-refractivity contribution is 0.00734. The normalized spacial score (nSPS) is 11.3. The van der Waals surface area contributed by atoms with Gasteiger partial charge in [0.25, 0.3) is 0 Å². The molecule has 0 heterocycles. The molecule has 0 saturated heterocycles. The van der Waals surface area contributed by atoms with Crippen LogP contribution >= 0.6 is 0 Å². The van der Waals surface area contributed by atoms with E-state index in [0.29, 0.717) is 10.9 Å². The van der Waals surface area contributed by atoms with Crippen molar-refractivity contribution >= 4 is 32.4 Å². The lowest BCUT2D eigenvalue weighted by Crippen LogP contribution is -1.96. The molecule has 1 aliphatic rings. The standard InChI is InChI=1S/C25H20.C12H13S.2CHF3/c1-2-19-23(22-13-7-10-17-8-3-5-11-20(17)22)14-15-24-21-12-6-4-9-18(21)16-25(19)24;1-13(2)12-9-5-7-10-6-3-4-8-11(10)12;2*2-1(3)4/h3-15H,2,16H2,1H3;3-9H,1-2H3;2*1H/q;+1;;. The van der Waals surface area contributed by atoms with Gasteiger partial charge in [-0.3, -0.25) is 0 Å². The van der Waals surface area contributed by atoms with Crippen molar-refractivity contribution in [1.82, 2.24) is 0 Å². The fourth-order valence-corrected chi connectivity index (χ4v) is 6.92. The largest absolute Gasteiger partial charge is 0.379 e. The Kier molecular flexibility index (Phi) is 12.3. The van der Waals surface area contributed by atoms with Crippen LogP contribution in [0.25, 0.3) is 43.8 Å². The molecule has 1 aliphatic carbocycles. The van der Waals surface area contributed by atoms with Gasteiger partial charge in [-0.1, -0.05) is 116 Å². The van der Waals surface area contributed by atoms with E-state index < -0.39 is 13.4 Å². The number of rotatable bonds is 3. The Balaban J connectivity index is 0.000000191. The molecule has 0 radical (unpaired) electrons. The molecule has 0 unspecified atom stereocenters. The van der Waals surface area contributed by atoms with Crippen molar-refractivity contribution in [2.45, 2.75) is 38.0 Å². The zero-order valence-electron chi connectivity index (χ0n) is 25.8. The van der Waals surface area contributed by atoms with Crippen LogP contribution in [0.2, 0.25) is 0 Å². The first kappa shape index (κ1) is 34.6. The van der Waals surface area contributed by atoms with Crippen LogP contribution in [0.3, 0.4) is 0 Å². The van der Waals surface area contributed by atoms with Gasteiger partial charge < -0.3 is 0 Å². The first-order chi connectivity index (χ1) is 22.1. The molecule has 0 nitrogen and oxygen atoms in total. The minimum Gasteiger partial charge on any atom is -0.174 e. The van der Waals surface area contributed by atoms with Gasteiger partial charge in [0.1, 0.15) is 12.5 Å². The molecule has 6 aromatic carbocycles. The molecule has 0 atom stereocenters. The quantitative estimate of drug-likeness (QED) is 0.132. The monoisotopic (exact) mass is 649 g/mol. The van der Waals surface area contributed by atoms with Gasteiger partial charge in [0.05, 0.1) is 0 Å². The second-order valence-electron chi connectivity index (χ2n) is 10.6. The zero-order valence-corrected chi connectivity index (χ0v) is 26.6. The number of hydrogen-bond acceptors (Lipinski definition) is 0. The minimum atomic E-state index is -3.67. The highest BCUT2D eigenvalue weighted by molar-refractivity contribution is 7.95. The van der Waals surface area contributed by atoms with Gasteiger partial charge in [-0.2, -0.15) is 26.3 Å². The van der Waals surface area contributed by atoms with Crippen LogP contribution in [0.1, 0.15) is 23.6 Å². The Morgan fingerprint density at radius 3 is 1.63 bits per heavy atom. The van der Waals surface area contributed by atoms with E-state index in [1.54, 1.807) is 0 Å². The summed E-state index contributed by atoms with van der Waals surface area (Å²) in [7, 11) is 0.346. The van der Waals surface area contributed by atoms with Gasteiger partial charge in [0.15, 0.2) is 4.90 Å². The van der Waals surface area contributed by atoms with Crippen molar-refractivity contribution < 1.29 is 26.3 Å². The van der Waals surface area contributed by atoms with Crippen molar-refractivity contribution in [2.24, 2.45) is 0 Å². The average molecular weight is 650 g/mol. The fraction of sp³-hybridized carbons (Fsp3) is 0.179. The number of hydrogen-bond donors (Lipinski definition) is 0. The topological polar surface area (TPSA) is 0 Å². The summed E-state index contributed by atoms with van der Waals surface area (Å²) in [6.07, 6.45) is 6.66. The van der Waals surface area contributed by atoms with Crippen molar-refractivity contribution in [2.75, 3.05) is 12.5 Å². The SMILES string of the molecule is CCc1c(-c2cccc3ccccc23)ccc2c1Cc1ccccc1-2.C[S+](C)c1cccc2ccccc12.FC(F)F.FC(F)F. The minimum absolute atomic E-state index is 0.346. The van der Waals surface area contributed by atoms with E-state index in [-0.39, 0.29) is 0 Å². The Morgan fingerprint density at radius 1 is 0.522 bits per heavy atom. The van der Waals surface area contributed by atoms with E-state index in [0.717, 1.165) is 12.8 Å². The predicted molar refractivity (Wildman–Crippen MR) is 183 cm³/mol. The van der Waals surface area contributed by atoms with E-state index >= 15 is 0 Å². The lowest BCUT2D eigenvalue weighted by atomic mass is 9.88. The van der Waals surface area contributed by atoms with Crippen LogP contribution < -0.4 is 0 Å². The Morgan fingerprint density at radius 2 is 1.00 bits per heavy atom. The summed E-state index contributed by atoms with van der Waals surface area (Å²) in [5.74, 6) is 0. The van der Waals surface area contributed by atoms with Crippen molar-refractivity contribution in [3.8, 4) is 22.3 Å². The molecule has 0 bridgehead atoms. The first-order valence-corrected chi connectivity index (χ1v) is 16.8. The highest BCUT2D eigenvalue weighted by Crippen LogP contribution is 2.43. The molecule has 46 heavy (non-hydrogen) atoms. The van der Waals surface area contributed by atoms with Gasteiger partial charge in [0.2, 0.25) is 0 Å². The molecule has 0 saturated carbocycles. The van der Waals surface area contributed by atoms with Crippen LogP contribution in [0.15, 0.2) is 126 Å². The maximum atomic E-state index is 9.67. The molecule has 6 aromatic rings. The number of fused-ring (bicyclic) bond motifs is 5. The summed E-state index contributed by atoms with van der Waals surface area (Å²) in [6.45, 7) is -5.05. The van der Waals surface area contributed by atoms with Gasteiger partial charge in [-0.05, 0) is 80.1 Å². The molecular weight excluding hydrogens is 614 g/mol. The molecular formula is C39H35F6S+. The molecule has 0 spiro atoms. The van der Waals surface area contributed by atoms with Gasteiger partial charge in [-0.15, -0.1) is 0 Å². The molecule has 7 rings (SSSR count). The smallest absolute Gasteiger partial charge is 0.174 e. The maximum Gasteiger partial charge on any atom is 0.379 e. The Bertz CT molecular complexity index is 1860. The molecule has 0 amide bonds. The highest BCUT2D eigenvalue weighted by Gasteiger charge is 2.22. The molecule has 0 fully saturated rings. The van der Waals surface area contributed by atoms with E-state index in [1.807, 2.05) is 0 Å². The zero-order chi connectivity index (χ0) is 33.2. The number of halogens is 6. The molecule has 7 heteroatoms. The average Bonchev–Trinajstić information content (AvgIpc) is 3.42. The predicted octanol–water partition coefficient (Wildman–Crippen LogP) is 12.1. The fourth-order valence-electron chi connectivity index (χ4n) is 5.94. The summed E-state index contributed by atoms with van der Waals surface area (Å²) in [4.78, 5) is 1.47. The number of alkyl halides is 6. The van der Waals surface area contributed by atoms with Crippen molar-refractivity contribution in [3.05, 3.63) is 138 Å². The van der Waals surface area contributed by atoms with Gasteiger partial charge in [0, 0.05) is 16.3 Å². The Hall–Kier alpha value is -4.23. The van der Waals surface area contributed by atoms with Crippen LogP contribution in [-0.2, 0) is 23.7 Å². The summed E-state index contributed by atoms with van der Waals surface area (Å²) in [6, 6.07) is 44.0. The van der Waals surface area contributed by atoms with Gasteiger partial charge >= 0.3 is 13.4 Å². The van der Waals surface area contributed by atoms with Gasteiger partial charge in [-0.25, -0.2) is 0 Å². The molecule has 0 aromatic heterocycles. The van der Waals surface area contributed by atoms with Crippen LogP contribution in [0, 0.1) is 0 Å². The molecule has 238 valence electrons. The van der Waals surface area contributed by atoms with Crippen molar-refractivity contribution in [3.63, 3.8) is 0 Å². The summed E-state index contributed by atoms with van der Waals surface area (Å²) >= 11 is 0. The van der Waals surface area contributed by atoms with E-state index in [4.69, 9.17) is 0 Å². The van der Waals surface area contributed by atoms with Crippen LogP contribution in [0.5, 0.6) is 0 Å². The first-order valence-electron chi connectivity index (χ1n) is 14.7. The van der Waals surface area contributed by atoms with E-state index in [2.05, 4.69) is 141 Å². The van der Waals surface area contributed by atoms with E-state index in [1.165, 1.54) is 65.4 Å². The third-order valence-electron chi connectivity index (χ3n) is 7.73. The number of benzene rings is 6. The summed E-state index contributed by atoms with van der Waals surface area (Å²) in [5.41, 5.74) is 10.1. The van der Waals surface area contributed by atoms with Crippen molar-refractivity contribution in [1.29, 1.82) is 0 Å². The lowest BCUT2D eigenvalue weighted by Gasteiger charge is -2.15. The molecule has 0 aliphatic heterocycles. The second-order valence-corrected chi connectivity index (χ2v) is 12.7. The Labute approximate surface area is 269 Å². The summed E-state index contributed by atoms with van der Waals surface area (Å²) in [5, 5.41) is 5.40. The molecule has 0 N–H and O–H groups in total. The van der Waals surface area contributed by atoms with E-state index in [9.17, 15) is 26.3 Å².